The molecule has 2 atom stereocenters. The van der Waals surface area contributed by atoms with Gasteiger partial charge in [-0.05, 0) is 24.5 Å². The minimum Gasteiger partial charge on any atom is -0.278 e. The van der Waals surface area contributed by atoms with Crippen molar-refractivity contribution in [2.24, 2.45) is 11.8 Å². The van der Waals surface area contributed by atoms with Crippen LogP contribution in [0.3, 0.4) is 0 Å². The second kappa shape index (κ2) is 4.51. The number of fused-ring (bicyclic) bond motifs is 1. The van der Waals surface area contributed by atoms with Gasteiger partial charge in [0.15, 0.2) is 0 Å². The Balaban J connectivity index is 1.86. The van der Waals surface area contributed by atoms with Crippen LogP contribution < -0.4 is 0 Å². The summed E-state index contributed by atoms with van der Waals surface area (Å²) in [4.78, 5) is 25.8. The van der Waals surface area contributed by atoms with Gasteiger partial charge in [-0.1, -0.05) is 24.6 Å². The molecule has 1 saturated carbocycles. The molecule has 1 aromatic rings. The zero-order chi connectivity index (χ0) is 13.4. The third kappa shape index (κ3) is 1.82. The average molecular weight is 254 g/mol. The Hall–Kier alpha value is -2.15. The summed E-state index contributed by atoms with van der Waals surface area (Å²) < 4.78 is 0. The van der Waals surface area contributed by atoms with Crippen molar-refractivity contribution >= 4 is 11.8 Å². The number of carbonyl (C=O) groups excluding carboxylic acids is 2. The van der Waals surface area contributed by atoms with E-state index in [4.69, 9.17) is 5.26 Å². The van der Waals surface area contributed by atoms with E-state index in [2.05, 4.69) is 6.07 Å². The number of likely N-dealkylation sites (tertiary alicyclic amines) is 1. The molecule has 2 aliphatic rings. The van der Waals surface area contributed by atoms with Gasteiger partial charge in [0.2, 0.25) is 11.8 Å². The lowest BCUT2D eigenvalue weighted by molar-refractivity contribution is -0.141. The number of rotatable bonds is 2. The highest BCUT2D eigenvalue weighted by molar-refractivity contribution is 6.05. The molecule has 3 rings (SSSR count). The second-order valence-corrected chi connectivity index (χ2v) is 5.18. The van der Waals surface area contributed by atoms with Crippen molar-refractivity contribution < 1.29 is 9.59 Å². The minimum atomic E-state index is -0.109. The summed E-state index contributed by atoms with van der Waals surface area (Å²) in [5, 5.41) is 9.05. The zero-order valence-corrected chi connectivity index (χ0v) is 10.5. The summed E-state index contributed by atoms with van der Waals surface area (Å²) >= 11 is 0. The Bertz CT molecular complexity index is 566. The predicted octanol–water partition coefficient (Wildman–Crippen LogP) is 1.84. The molecular formula is C15H14N2O2. The van der Waals surface area contributed by atoms with Crippen LogP contribution in [0.25, 0.3) is 0 Å². The van der Waals surface area contributed by atoms with E-state index in [0.29, 0.717) is 5.56 Å². The fourth-order valence-electron chi connectivity index (χ4n) is 3.15. The summed E-state index contributed by atoms with van der Waals surface area (Å²) in [7, 11) is 0. The standard InChI is InChI=1S/C15H14N2O2/c16-8-10-4-1-2-5-11(10)9-17-14(18)12-6-3-7-13(12)15(17)19/h1-2,4-5,12-13H,3,6-7,9H2. The van der Waals surface area contributed by atoms with Crippen LogP contribution in [0, 0.1) is 23.2 Å². The molecule has 1 saturated heterocycles. The van der Waals surface area contributed by atoms with E-state index >= 15 is 0 Å². The fraction of sp³-hybridized carbons (Fsp3) is 0.400. The van der Waals surface area contributed by atoms with Crippen molar-refractivity contribution in [1.29, 1.82) is 5.26 Å². The van der Waals surface area contributed by atoms with E-state index in [1.54, 1.807) is 18.2 Å². The van der Waals surface area contributed by atoms with Crippen LogP contribution >= 0.6 is 0 Å². The number of carbonyl (C=O) groups is 2. The van der Waals surface area contributed by atoms with Gasteiger partial charge >= 0.3 is 0 Å². The van der Waals surface area contributed by atoms with E-state index < -0.39 is 0 Å². The molecule has 0 radical (unpaired) electrons. The first-order valence-electron chi connectivity index (χ1n) is 6.55. The number of hydrogen-bond acceptors (Lipinski definition) is 3. The number of hydrogen-bond donors (Lipinski definition) is 0. The average Bonchev–Trinajstić information content (AvgIpc) is 2.99. The molecule has 96 valence electrons. The lowest BCUT2D eigenvalue weighted by Crippen LogP contribution is -2.31. The van der Waals surface area contributed by atoms with Crippen molar-refractivity contribution in [2.75, 3.05) is 0 Å². The quantitative estimate of drug-likeness (QED) is 0.756. The molecule has 1 heterocycles. The summed E-state index contributed by atoms with van der Waals surface area (Å²) in [5.74, 6) is -0.330. The maximum atomic E-state index is 12.2. The Morgan fingerprint density at radius 2 is 1.79 bits per heavy atom. The maximum absolute atomic E-state index is 12.2. The van der Waals surface area contributed by atoms with Gasteiger partial charge in [0.25, 0.3) is 0 Å². The van der Waals surface area contributed by atoms with Crippen molar-refractivity contribution in [3.05, 3.63) is 35.4 Å². The molecule has 4 heteroatoms. The molecule has 2 fully saturated rings. The van der Waals surface area contributed by atoms with Crippen LogP contribution in [-0.2, 0) is 16.1 Å². The minimum absolute atomic E-state index is 0.0553. The number of nitrogens with zero attached hydrogens (tertiary/aromatic N) is 2. The number of imide groups is 1. The van der Waals surface area contributed by atoms with Gasteiger partial charge in [0.1, 0.15) is 0 Å². The highest BCUT2D eigenvalue weighted by Crippen LogP contribution is 2.40. The van der Waals surface area contributed by atoms with Crippen molar-refractivity contribution in [3.8, 4) is 6.07 Å². The lowest BCUT2D eigenvalue weighted by Gasteiger charge is -2.16. The van der Waals surface area contributed by atoms with Crippen molar-refractivity contribution in [1.82, 2.24) is 4.90 Å². The van der Waals surface area contributed by atoms with Crippen LogP contribution in [0.2, 0.25) is 0 Å². The molecule has 0 bridgehead atoms. The van der Waals surface area contributed by atoms with E-state index in [1.807, 2.05) is 6.07 Å². The van der Waals surface area contributed by atoms with Crippen LogP contribution in [0.4, 0.5) is 0 Å². The van der Waals surface area contributed by atoms with Gasteiger partial charge in [-0.3, -0.25) is 14.5 Å². The topological polar surface area (TPSA) is 61.2 Å². The third-order valence-electron chi connectivity index (χ3n) is 4.15. The van der Waals surface area contributed by atoms with Crippen LogP contribution in [-0.4, -0.2) is 16.7 Å². The first-order chi connectivity index (χ1) is 9.22. The Labute approximate surface area is 111 Å². The molecule has 1 aliphatic heterocycles. The summed E-state index contributed by atoms with van der Waals surface area (Å²) in [6.07, 6.45) is 2.62. The normalized spacial score (nSPS) is 25.5. The molecule has 1 aromatic carbocycles. The number of benzene rings is 1. The molecule has 2 unspecified atom stereocenters. The monoisotopic (exact) mass is 254 g/mol. The maximum Gasteiger partial charge on any atom is 0.233 e. The lowest BCUT2D eigenvalue weighted by atomic mass is 10.00. The Morgan fingerprint density at radius 1 is 1.16 bits per heavy atom. The van der Waals surface area contributed by atoms with Crippen molar-refractivity contribution in [2.45, 2.75) is 25.8 Å². The van der Waals surface area contributed by atoms with Gasteiger partial charge in [0, 0.05) is 0 Å². The molecule has 0 aromatic heterocycles. The summed E-state index contributed by atoms with van der Waals surface area (Å²) in [6.45, 7) is 0.231. The Kier molecular flexibility index (Phi) is 2.83. The van der Waals surface area contributed by atoms with E-state index in [0.717, 1.165) is 24.8 Å². The number of amides is 2. The summed E-state index contributed by atoms with van der Waals surface area (Å²) in [5.41, 5.74) is 1.27. The van der Waals surface area contributed by atoms with Gasteiger partial charge in [-0.25, -0.2) is 0 Å². The van der Waals surface area contributed by atoms with E-state index in [9.17, 15) is 9.59 Å². The number of nitriles is 1. The van der Waals surface area contributed by atoms with Gasteiger partial charge in [0.05, 0.1) is 30.0 Å². The molecule has 2 amide bonds. The third-order valence-corrected chi connectivity index (χ3v) is 4.15. The fourth-order valence-corrected chi connectivity index (χ4v) is 3.15. The van der Waals surface area contributed by atoms with Gasteiger partial charge in [-0.15, -0.1) is 0 Å². The predicted molar refractivity (Wildman–Crippen MR) is 67.5 cm³/mol. The second-order valence-electron chi connectivity index (χ2n) is 5.18. The molecule has 19 heavy (non-hydrogen) atoms. The highest BCUT2D eigenvalue weighted by Gasteiger charge is 2.49. The van der Waals surface area contributed by atoms with E-state index in [-0.39, 0.29) is 30.2 Å². The van der Waals surface area contributed by atoms with Crippen LogP contribution in [0.15, 0.2) is 24.3 Å². The smallest absolute Gasteiger partial charge is 0.233 e. The largest absolute Gasteiger partial charge is 0.278 e. The molecule has 0 N–H and O–H groups in total. The molecule has 1 aliphatic carbocycles. The first-order valence-corrected chi connectivity index (χ1v) is 6.55. The first kappa shape index (κ1) is 11.9. The van der Waals surface area contributed by atoms with Crippen LogP contribution in [0.1, 0.15) is 30.4 Å². The van der Waals surface area contributed by atoms with Gasteiger partial charge < -0.3 is 0 Å². The SMILES string of the molecule is N#Cc1ccccc1CN1C(=O)C2CCCC2C1=O. The molecular weight excluding hydrogens is 240 g/mol. The molecule has 0 spiro atoms. The summed E-state index contributed by atoms with van der Waals surface area (Å²) in [6, 6.07) is 9.21. The Morgan fingerprint density at radius 3 is 2.42 bits per heavy atom. The van der Waals surface area contributed by atoms with E-state index in [1.165, 1.54) is 4.90 Å². The molecule has 4 nitrogen and oxygen atoms in total. The highest BCUT2D eigenvalue weighted by atomic mass is 16.2. The van der Waals surface area contributed by atoms with Crippen molar-refractivity contribution in [3.63, 3.8) is 0 Å². The van der Waals surface area contributed by atoms with Gasteiger partial charge in [-0.2, -0.15) is 5.26 Å². The zero-order valence-electron chi connectivity index (χ0n) is 10.5. The van der Waals surface area contributed by atoms with Crippen LogP contribution in [0.5, 0.6) is 0 Å².